The Morgan fingerprint density at radius 1 is 1.21 bits per heavy atom. The van der Waals surface area contributed by atoms with Gasteiger partial charge in [0, 0.05) is 40.7 Å². The van der Waals surface area contributed by atoms with E-state index in [9.17, 15) is 14.3 Å². The normalized spacial score (nSPS) is 10.6. The van der Waals surface area contributed by atoms with Gasteiger partial charge >= 0.3 is 0 Å². The number of primary amides is 1. The van der Waals surface area contributed by atoms with Crippen molar-refractivity contribution in [1.29, 1.82) is 0 Å². The zero-order chi connectivity index (χ0) is 21.3. The third-order valence-corrected chi connectivity index (χ3v) is 5.03. The molecule has 0 bridgehead atoms. The predicted octanol–water partition coefficient (Wildman–Crippen LogP) is 5.11. The molecule has 1 amide bonds. The summed E-state index contributed by atoms with van der Waals surface area (Å²) in [5.41, 5.74) is 6.87. The van der Waals surface area contributed by atoms with Gasteiger partial charge in [-0.1, -0.05) is 35.8 Å². The molecule has 0 saturated heterocycles. The summed E-state index contributed by atoms with van der Waals surface area (Å²) < 4.78 is 14.2. The number of aromatic nitrogens is 1. The second kappa shape index (κ2) is 8.11. The van der Waals surface area contributed by atoms with Gasteiger partial charge in [-0.25, -0.2) is 9.37 Å². The minimum atomic E-state index is -0.602. The SMILES string of the molecule is C=C(c1c(F)cccc1Cl)N(C)c1ncc(-c2cc(C(N)=O)ccc2Cl)cc1O. The molecule has 29 heavy (non-hydrogen) atoms. The lowest BCUT2D eigenvalue weighted by molar-refractivity contribution is 0.100. The van der Waals surface area contributed by atoms with Crippen molar-refractivity contribution in [1.82, 2.24) is 4.98 Å². The maximum atomic E-state index is 14.2. The maximum absolute atomic E-state index is 14.2. The maximum Gasteiger partial charge on any atom is 0.248 e. The van der Waals surface area contributed by atoms with Gasteiger partial charge < -0.3 is 15.7 Å². The van der Waals surface area contributed by atoms with E-state index in [1.807, 2.05) is 0 Å². The van der Waals surface area contributed by atoms with E-state index in [1.165, 1.54) is 47.5 Å². The van der Waals surface area contributed by atoms with Crippen LogP contribution in [0.3, 0.4) is 0 Å². The lowest BCUT2D eigenvalue weighted by atomic mass is 10.0. The van der Waals surface area contributed by atoms with Crippen LogP contribution in [-0.4, -0.2) is 23.0 Å². The number of benzene rings is 2. The summed E-state index contributed by atoms with van der Waals surface area (Å²) >= 11 is 12.3. The molecular weight excluding hydrogens is 416 g/mol. The number of carbonyl (C=O) groups is 1. The highest BCUT2D eigenvalue weighted by Crippen LogP contribution is 2.37. The number of nitrogens with two attached hydrogens (primary N) is 1. The number of carbonyl (C=O) groups excluding carboxylic acids is 1. The van der Waals surface area contributed by atoms with Gasteiger partial charge in [0.05, 0.1) is 10.6 Å². The fourth-order valence-electron chi connectivity index (χ4n) is 2.82. The first-order valence-corrected chi connectivity index (χ1v) is 9.12. The summed E-state index contributed by atoms with van der Waals surface area (Å²) in [6.45, 7) is 3.87. The minimum Gasteiger partial charge on any atom is -0.504 e. The van der Waals surface area contributed by atoms with E-state index in [0.717, 1.165) is 0 Å². The predicted molar refractivity (Wildman–Crippen MR) is 114 cm³/mol. The van der Waals surface area contributed by atoms with Crippen molar-refractivity contribution in [3.05, 3.63) is 82.2 Å². The van der Waals surface area contributed by atoms with E-state index in [0.29, 0.717) is 16.1 Å². The average Bonchev–Trinajstić information content (AvgIpc) is 2.67. The standard InChI is InChI=1S/C21H16Cl2FN3O2/c1-11(19-16(23)4-3-5-17(19)24)27(2)21-18(28)9-13(10-26-21)14-8-12(20(25)29)6-7-15(14)22/h3-10,28H,1H2,2H3,(H2,25,29). The zero-order valence-corrected chi connectivity index (χ0v) is 16.8. The van der Waals surface area contributed by atoms with Crippen molar-refractivity contribution in [2.24, 2.45) is 5.73 Å². The van der Waals surface area contributed by atoms with Crippen LogP contribution in [0.25, 0.3) is 16.8 Å². The number of pyridine rings is 1. The molecule has 8 heteroatoms. The molecule has 2 aromatic carbocycles. The molecule has 0 fully saturated rings. The monoisotopic (exact) mass is 431 g/mol. The molecule has 3 N–H and O–H groups in total. The van der Waals surface area contributed by atoms with Crippen LogP contribution >= 0.6 is 23.2 Å². The molecule has 0 aliphatic rings. The highest BCUT2D eigenvalue weighted by atomic mass is 35.5. The Labute approximate surface area is 176 Å². The largest absolute Gasteiger partial charge is 0.504 e. The molecule has 0 saturated carbocycles. The molecule has 1 aromatic heterocycles. The van der Waals surface area contributed by atoms with Crippen LogP contribution in [0.4, 0.5) is 10.2 Å². The minimum absolute atomic E-state index is 0.110. The van der Waals surface area contributed by atoms with Crippen LogP contribution in [0.15, 0.2) is 55.2 Å². The first kappa shape index (κ1) is 20.6. The topological polar surface area (TPSA) is 79.5 Å². The Hall–Kier alpha value is -3.09. The van der Waals surface area contributed by atoms with Gasteiger partial charge in [0.15, 0.2) is 11.6 Å². The molecule has 3 aromatic rings. The van der Waals surface area contributed by atoms with E-state index in [1.54, 1.807) is 13.1 Å². The Morgan fingerprint density at radius 3 is 2.55 bits per heavy atom. The first-order valence-electron chi connectivity index (χ1n) is 8.36. The van der Waals surface area contributed by atoms with Gasteiger partial charge in [0.1, 0.15) is 5.82 Å². The van der Waals surface area contributed by atoms with Crippen LogP contribution in [0.5, 0.6) is 5.75 Å². The summed E-state index contributed by atoms with van der Waals surface area (Å²) in [7, 11) is 1.58. The second-order valence-electron chi connectivity index (χ2n) is 6.23. The van der Waals surface area contributed by atoms with Crippen molar-refractivity contribution in [2.75, 3.05) is 11.9 Å². The van der Waals surface area contributed by atoms with E-state index in [2.05, 4.69) is 11.6 Å². The molecular formula is C21H16Cl2FN3O2. The number of aromatic hydroxyl groups is 1. The molecule has 0 spiro atoms. The molecule has 0 unspecified atom stereocenters. The quantitative estimate of drug-likeness (QED) is 0.588. The van der Waals surface area contributed by atoms with Crippen LogP contribution in [0.2, 0.25) is 10.0 Å². The number of anilines is 1. The summed E-state index contributed by atoms with van der Waals surface area (Å²) in [5.74, 6) is -1.20. The second-order valence-corrected chi connectivity index (χ2v) is 7.04. The Morgan fingerprint density at radius 2 is 1.93 bits per heavy atom. The van der Waals surface area contributed by atoms with Crippen LogP contribution in [-0.2, 0) is 0 Å². The van der Waals surface area contributed by atoms with Crippen LogP contribution in [0.1, 0.15) is 15.9 Å². The Bertz CT molecular complexity index is 1110. The molecule has 5 nitrogen and oxygen atoms in total. The van der Waals surface area contributed by atoms with Gasteiger partial charge in [-0.05, 0) is 36.4 Å². The summed E-state index contributed by atoms with van der Waals surface area (Å²) in [4.78, 5) is 17.1. The van der Waals surface area contributed by atoms with E-state index in [4.69, 9.17) is 28.9 Å². The molecule has 0 aliphatic heterocycles. The van der Waals surface area contributed by atoms with Crippen LogP contribution < -0.4 is 10.6 Å². The highest BCUT2D eigenvalue weighted by Gasteiger charge is 2.19. The number of hydrogen-bond acceptors (Lipinski definition) is 4. The highest BCUT2D eigenvalue weighted by molar-refractivity contribution is 6.33. The van der Waals surface area contributed by atoms with Gasteiger partial charge in [-0.15, -0.1) is 0 Å². The van der Waals surface area contributed by atoms with Gasteiger partial charge in [-0.3, -0.25) is 4.79 Å². The van der Waals surface area contributed by atoms with Crippen LogP contribution in [0, 0.1) is 5.82 Å². The number of halogens is 3. The Kier molecular flexibility index (Phi) is 5.77. The van der Waals surface area contributed by atoms with Crippen molar-refractivity contribution in [3.63, 3.8) is 0 Å². The van der Waals surface area contributed by atoms with Gasteiger partial charge in [0.25, 0.3) is 0 Å². The zero-order valence-electron chi connectivity index (χ0n) is 15.3. The van der Waals surface area contributed by atoms with Crippen molar-refractivity contribution >= 4 is 40.6 Å². The smallest absolute Gasteiger partial charge is 0.248 e. The van der Waals surface area contributed by atoms with E-state index >= 15 is 0 Å². The summed E-state index contributed by atoms with van der Waals surface area (Å²) in [6.07, 6.45) is 1.47. The third-order valence-electron chi connectivity index (χ3n) is 4.38. The fraction of sp³-hybridized carbons (Fsp3) is 0.0476. The van der Waals surface area contributed by atoms with E-state index < -0.39 is 11.7 Å². The van der Waals surface area contributed by atoms with Gasteiger partial charge in [0.2, 0.25) is 5.91 Å². The Balaban J connectivity index is 1.99. The lowest BCUT2D eigenvalue weighted by Crippen LogP contribution is -2.17. The van der Waals surface area contributed by atoms with Gasteiger partial charge in [-0.2, -0.15) is 0 Å². The molecule has 148 valence electrons. The molecule has 0 radical (unpaired) electrons. The van der Waals surface area contributed by atoms with Crippen molar-refractivity contribution in [2.45, 2.75) is 0 Å². The number of hydrogen-bond donors (Lipinski definition) is 2. The number of rotatable bonds is 5. The summed E-state index contributed by atoms with van der Waals surface area (Å²) in [5, 5.41) is 11.1. The first-order chi connectivity index (χ1) is 13.7. The molecule has 3 rings (SSSR count). The molecule has 0 aliphatic carbocycles. The number of amides is 1. The van der Waals surface area contributed by atoms with E-state index in [-0.39, 0.29) is 33.4 Å². The average molecular weight is 432 g/mol. The lowest BCUT2D eigenvalue weighted by Gasteiger charge is -2.23. The van der Waals surface area contributed by atoms with Crippen molar-refractivity contribution in [3.8, 4) is 16.9 Å². The van der Waals surface area contributed by atoms with Crippen molar-refractivity contribution < 1.29 is 14.3 Å². The third kappa shape index (κ3) is 4.04. The number of nitrogens with zero attached hydrogens (tertiary/aromatic N) is 2. The molecule has 0 atom stereocenters. The summed E-state index contributed by atoms with van der Waals surface area (Å²) in [6, 6.07) is 10.3. The molecule has 1 heterocycles. The fourth-order valence-corrected chi connectivity index (χ4v) is 3.32.